The third-order valence-electron chi connectivity index (χ3n) is 4.42. The average Bonchev–Trinajstić information content (AvgIpc) is 3.25. The molecule has 0 spiro atoms. The fourth-order valence-corrected chi connectivity index (χ4v) is 3.15. The number of ether oxygens (including phenoxy) is 2. The molecule has 0 radical (unpaired) electrons. The van der Waals surface area contributed by atoms with Crippen LogP contribution in [-0.4, -0.2) is 42.4 Å². The fourth-order valence-electron chi connectivity index (χ4n) is 3.15. The summed E-state index contributed by atoms with van der Waals surface area (Å²) >= 11 is 0. The molecule has 2 fully saturated rings. The Morgan fingerprint density at radius 3 is 2.57 bits per heavy atom. The van der Waals surface area contributed by atoms with Gasteiger partial charge in [0.25, 0.3) is 0 Å². The molecule has 2 aliphatic rings. The van der Waals surface area contributed by atoms with Crippen molar-refractivity contribution in [3.8, 4) is 11.5 Å². The van der Waals surface area contributed by atoms with E-state index in [1.54, 1.807) is 0 Å². The molecule has 21 heavy (non-hydrogen) atoms. The molecule has 1 aliphatic heterocycles. The molecule has 4 nitrogen and oxygen atoms in total. The molecule has 3 rings (SSSR count). The Balaban J connectivity index is 1.82. The molecule has 0 bridgehead atoms. The lowest BCUT2D eigenvalue weighted by Crippen LogP contribution is -2.31. The summed E-state index contributed by atoms with van der Waals surface area (Å²) in [4.78, 5) is 2.41. The van der Waals surface area contributed by atoms with Crippen LogP contribution in [0.3, 0.4) is 0 Å². The predicted octanol–water partition coefficient (Wildman–Crippen LogP) is 2.54. The second-order valence-electron chi connectivity index (χ2n) is 6.01. The lowest BCUT2D eigenvalue weighted by atomic mass is 9.92. The van der Waals surface area contributed by atoms with E-state index in [9.17, 15) is 5.11 Å². The molecule has 4 heteroatoms. The van der Waals surface area contributed by atoms with E-state index >= 15 is 0 Å². The first-order valence-electron chi connectivity index (χ1n) is 8.03. The first kappa shape index (κ1) is 14.7. The molecule has 1 saturated carbocycles. The Hall–Kier alpha value is -1.26. The van der Waals surface area contributed by atoms with E-state index in [4.69, 9.17) is 9.47 Å². The highest BCUT2D eigenvalue weighted by Gasteiger charge is 2.43. The summed E-state index contributed by atoms with van der Waals surface area (Å²) in [6.45, 7) is 6.84. The van der Waals surface area contributed by atoms with Gasteiger partial charge >= 0.3 is 0 Å². The molecule has 1 aromatic rings. The van der Waals surface area contributed by atoms with E-state index in [-0.39, 0.29) is 0 Å². The molecule has 1 aliphatic carbocycles. The minimum Gasteiger partial charge on any atom is -0.490 e. The van der Waals surface area contributed by atoms with Crippen LogP contribution in [0.25, 0.3) is 0 Å². The van der Waals surface area contributed by atoms with Crippen LogP contribution in [0.1, 0.15) is 38.7 Å². The summed E-state index contributed by atoms with van der Waals surface area (Å²) in [6.07, 6.45) is 3.36. The van der Waals surface area contributed by atoms with Gasteiger partial charge in [-0.25, -0.2) is 0 Å². The average molecular weight is 291 g/mol. The Bertz CT molecular complexity index is 501. The van der Waals surface area contributed by atoms with Crippen LogP contribution in [0, 0.1) is 0 Å². The number of hydrogen-bond acceptors (Lipinski definition) is 4. The van der Waals surface area contributed by atoms with E-state index in [1.807, 2.05) is 32.0 Å². The molecule has 0 aromatic heterocycles. The minimum absolute atomic E-state index is 0.593. The largest absolute Gasteiger partial charge is 0.490 e. The summed E-state index contributed by atoms with van der Waals surface area (Å²) in [5.74, 6) is 1.49. The van der Waals surface area contributed by atoms with Crippen molar-refractivity contribution < 1.29 is 14.6 Å². The lowest BCUT2D eigenvalue weighted by Gasteiger charge is -2.25. The first-order valence-corrected chi connectivity index (χ1v) is 8.03. The third kappa shape index (κ3) is 3.01. The smallest absolute Gasteiger partial charge is 0.161 e. The molecule has 1 unspecified atom stereocenters. The van der Waals surface area contributed by atoms with E-state index in [0.29, 0.717) is 19.3 Å². The van der Waals surface area contributed by atoms with Crippen molar-refractivity contribution in [3.05, 3.63) is 23.8 Å². The van der Waals surface area contributed by atoms with Crippen molar-refractivity contribution in [3.63, 3.8) is 0 Å². The summed E-state index contributed by atoms with van der Waals surface area (Å²) in [7, 11) is 0. The number of aliphatic hydroxyl groups is 1. The second-order valence-corrected chi connectivity index (χ2v) is 6.01. The maximum absolute atomic E-state index is 11.0. The van der Waals surface area contributed by atoms with Crippen molar-refractivity contribution in [2.45, 2.75) is 44.8 Å². The molecule has 1 aromatic carbocycles. The van der Waals surface area contributed by atoms with E-state index in [1.165, 1.54) is 12.8 Å². The van der Waals surface area contributed by atoms with Crippen molar-refractivity contribution >= 4 is 0 Å². The van der Waals surface area contributed by atoms with Gasteiger partial charge in [-0.2, -0.15) is 0 Å². The first-order chi connectivity index (χ1) is 10.2. The Morgan fingerprint density at radius 2 is 1.90 bits per heavy atom. The Kier molecular flexibility index (Phi) is 4.09. The predicted molar refractivity (Wildman–Crippen MR) is 81.9 cm³/mol. The molecule has 0 amide bonds. The van der Waals surface area contributed by atoms with Gasteiger partial charge in [-0.3, -0.25) is 4.90 Å². The highest BCUT2D eigenvalue weighted by atomic mass is 16.5. The highest BCUT2D eigenvalue weighted by molar-refractivity contribution is 5.45. The van der Waals surface area contributed by atoms with Crippen LogP contribution in [0.4, 0.5) is 0 Å². The van der Waals surface area contributed by atoms with Gasteiger partial charge in [-0.1, -0.05) is 6.07 Å². The molecule has 1 heterocycles. The van der Waals surface area contributed by atoms with Crippen LogP contribution >= 0.6 is 0 Å². The van der Waals surface area contributed by atoms with E-state index in [0.717, 1.165) is 36.6 Å². The zero-order valence-electron chi connectivity index (χ0n) is 13.0. The van der Waals surface area contributed by atoms with Gasteiger partial charge in [0.2, 0.25) is 0 Å². The third-order valence-corrected chi connectivity index (χ3v) is 4.42. The fraction of sp³-hybridized carbons (Fsp3) is 0.647. The number of benzene rings is 1. The van der Waals surface area contributed by atoms with Crippen LogP contribution in [0.2, 0.25) is 0 Å². The SMILES string of the molecule is CCOc1ccc(C2(O)CCN(C3CC3)C2)cc1OCC. The van der Waals surface area contributed by atoms with Gasteiger partial charge in [-0.05, 0) is 50.8 Å². The summed E-state index contributed by atoms with van der Waals surface area (Å²) < 4.78 is 11.3. The van der Waals surface area contributed by atoms with Crippen molar-refractivity contribution in [2.24, 2.45) is 0 Å². The topological polar surface area (TPSA) is 41.9 Å². The van der Waals surface area contributed by atoms with Crippen LogP contribution in [0.15, 0.2) is 18.2 Å². The zero-order chi connectivity index (χ0) is 14.9. The van der Waals surface area contributed by atoms with E-state index in [2.05, 4.69) is 4.90 Å². The molecule has 1 N–H and O–H groups in total. The maximum atomic E-state index is 11.0. The summed E-state index contributed by atoms with van der Waals surface area (Å²) in [6, 6.07) is 6.55. The quantitative estimate of drug-likeness (QED) is 0.874. The number of likely N-dealkylation sites (tertiary alicyclic amines) is 1. The minimum atomic E-state index is -0.751. The summed E-state index contributed by atoms with van der Waals surface area (Å²) in [5, 5.41) is 11.0. The number of rotatable bonds is 6. The standard InChI is InChI=1S/C17H25NO3/c1-3-20-15-8-5-13(11-16(15)21-4-2)17(19)9-10-18(12-17)14-6-7-14/h5,8,11,14,19H,3-4,6-7,9-10,12H2,1-2H3. The molecular formula is C17H25NO3. The van der Waals surface area contributed by atoms with Crippen LogP contribution < -0.4 is 9.47 Å². The number of nitrogens with zero attached hydrogens (tertiary/aromatic N) is 1. The molecule has 116 valence electrons. The van der Waals surface area contributed by atoms with Gasteiger partial charge in [0.1, 0.15) is 5.60 Å². The maximum Gasteiger partial charge on any atom is 0.161 e. The Morgan fingerprint density at radius 1 is 1.19 bits per heavy atom. The molecule has 1 atom stereocenters. The monoisotopic (exact) mass is 291 g/mol. The van der Waals surface area contributed by atoms with Crippen molar-refractivity contribution in [2.75, 3.05) is 26.3 Å². The molecular weight excluding hydrogens is 266 g/mol. The normalized spacial score (nSPS) is 26.0. The Labute approximate surface area is 126 Å². The van der Waals surface area contributed by atoms with Crippen molar-refractivity contribution in [1.29, 1.82) is 0 Å². The van der Waals surface area contributed by atoms with Gasteiger partial charge in [-0.15, -0.1) is 0 Å². The molecule has 1 saturated heterocycles. The van der Waals surface area contributed by atoms with Crippen LogP contribution in [0.5, 0.6) is 11.5 Å². The van der Waals surface area contributed by atoms with E-state index < -0.39 is 5.60 Å². The number of β-amino-alcohol motifs (C(OH)–C–C–N with tert-alkyl or cyclic N) is 1. The summed E-state index contributed by atoms with van der Waals surface area (Å²) in [5.41, 5.74) is 0.191. The zero-order valence-corrected chi connectivity index (χ0v) is 13.0. The van der Waals surface area contributed by atoms with Gasteiger partial charge < -0.3 is 14.6 Å². The number of hydrogen-bond donors (Lipinski definition) is 1. The highest BCUT2D eigenvalue weighted by Crippen LogP contribution is 2.40. The van der Waals surface area contributed by atoms with Gasteiger partial charge in [0, 0.05) is 19.1 Å². The van der Waals surface area contributed by atoms with Crippen molar-refractivity contribution in [1.82, 2.24) is 4.90 Å². The lowest BCUT2D eigenvalue weighted by molar-refractivity contribution is 0.0448. The van der Waals surface area contributed by atoms with Crippen LogP contribution in [-0.2, 0) is 5.60 Å². The van der Waals surface area contributed by atoms with Gasteiger partial charge in [0.05, 0.1) is 13.2 Å². The second kappa shape index (κ2) is 5.85. The van der Waals surface area contributed by atoms with Gasteiger partial charge in [0.15, 0.2) is 11.5 Å².